The van der Waals surface area contributed by atoms with E-state index in [0.717, 1.165) is 45.6 Å². The van der Waals surface area contributed by atoms with E-state index in [4.69, 9.17) is 0 Å². The van der Waals surface area contributed by atoms with Crippen LogP contribution in [0.1, 0.15) is 31.4 Å². The highest BCUT2D eigenvalue weighted by Gasteiger charge is 2.28. The van der Waals surface area contributed by atoms with E-state index in [1.54, 1.807) is 0 Å². The summed E-state index contributed by atoms with van der Waals surface area (Å²) in [4.78, 5) is 17.3. The molecule has 0 bridgehead atoms. The Morgan fingerprint density at radius 2 is 1.72 bits per heavy atom. The van der Waals surface area contributed by atoms with Crippen LogP contribution in [-0.2, 0) is 0 Å². The van der Waals surface area contributed by atoms with Crippen molar-refractivity contribution in [3.05, 3.63) is 66.2 Å². The molecule has 2 aromatic carbocycles. The van der Waals surface area contributed by atoms with E-state index in [1.165, 1.54) is 11.3 Å². The van der Waals surface area contributed by atoms with Crippen molar-refractivity contribution in [2.75, 3.05) is 37.6 Å². The average molecular weight is 393 g/mol. The molecule has 5 heteroatoms. The van der Waals surface area contributed by atoms with Crippen LogP contribution in [0.25, 0.3) is 0 Å². The van der Waals surface area contributed by atoms with E-state index in [0.29, 0.717) is 12.0 Å². The molecule has 2 fully saturated rings. The molecule has 2 aromatic rings. The maximum Gasteiger partial charge on any atom is 0.315 e. The monoisotopic (exact) mass is 392 g/mol. The van der Waals surface area contributed by atoms with Crippen LogP contribution in [0, 0.1) is 5.92 Å². The zero-order chi connectivity index (χ0) is 20.1. The standard InChI is InChI=1S/C24H32N4O/c1-19(21-8-4-2-5-9-21)27-15-13-22(18-27)26-24(29)25-16-20-12-14-28(17-20)23-10-6-3-7-11-23/h2-11,19-20,22H,12-18H2,1H3,(H2,25,26,29)/t19-,20-,22+/m1/s1. The Morgan fingerprint density at radius 1 is 1.00 bits per heavy atom. The summed E-state index contributed by atoms with van der Waals surface area (Å²) in [5.41, 5.74) is 2.61. The summed E-state index contributed by atoms with van der Waals surface area (Å²) >= 11 is 0. The van der Waals surface area contributed by atoms with Crippen molar-refractivity contribution in [2.24, 2.45) is 5.92 Å². The van der Waals surface area contributed by atoms with E-state index in [9.17, 15) is 4.79 Å². The van der Waals surface area contributed by atoms with Gasteiger partial charge in [-0.05, 0) is 43.4 Å². The number of likely N-dealkylation sites (tertiary alicyclic amines) is 1. The van der Waals surface area contributed by atoms with Crippen molar-refractivity contribution < 1.29 is 4.79 Å². The molecule has 0 spiro atoms. The Hall–Kier alpha value is -2.53. The van der Waals surface area contributed by atoms with Crippen molar-refractivity contribution >= 4 is 11.7 Å². The normalized spacial score (nSPS) is 23.1. The molecule has 2 heterocycles. The van der Waals surface area contributed by atoms with Gasteiger partial charge in [-0.15, -0.1) is 0 Å². The fourth-order valence-electron chi connectivity index (χ4n) is 4.55. The van der Waals surface area contributed by atoms with Gasteiger partial charge in [-0.1, -0.05) is 48.5 Å². The Labute approximate surface area is 174 Å². The first kappa shape index (κ1) is 19.8. The molecular weight excluding hydrogens is 360 g/mol. The summed E-state index contributed by atoms with van der Waals surface area (Å²) in [6.07, 6.45) is 2.14. The molecule has 0 radical (unpaired) electrons. The minimum atomic E-state index is -0.0256. The fraction of sp³-hybridized carbons (Fsp3) is 0.458. The van der Waals surface area contributed by atoms with Crippen LogP contribution >= 0.6 is 0 Å². The second kappa shape index (κ2) is 9.31. The summed E-state index contributed by atoms with van der Waals surface area (Å²) in [5.74, 6) is 0.513. The molecular formula is C24H32N4O. The van der Waals surface area contributed by atoms with Crippen molar-refractivity contribution in [1.29, 1.82) is 0 Å². The molecule has 3 atom stereocenters. The van der Waals surface area contributed by atoms with Crippen LogP contribution in [0.5, 0.6) is 0 Å². The first-order valence-electron chi connectivity index (χ1n) is 10.8. The molecule has 154 valence electrons. The number of nitrogens with one attached hydrogen (secondary N) is 2. The molecule has 2 aliphatic heterocycles. The third-order valence-electron chi connectivity index (χ3n) is 6.34. The van der Waals surface area contributed by atoms with Crippen molar-refractivity contribution in [3.8, 4) is 0 Å². The van der Waals surface area contributed by atoms with Gasteiger partial charge in [0.15, 0.2) is 0 Å². The lowest BCUT2D eigenvalue weighted by Crippen LogP contribution is -2.45. The van der Waals surface area contributed by atoms with E-state index >= 15 is 0 Å². The van der Waals surface area contributed by atoms with Gasteiger partial charge in [0.05, 0.1) is 0 Å². The molecule has 5 nitrogen and oxygen atoms in total. The number of hydrogen-bond donors (Lipinski definition) is 2. The number of hydrogen-bond acceptors (Lipinski definition) is 3. The molecule has 0 aliphatic carbocycles. The SMILES string of the molecule is C[C@H](c1ccccc1)N1CC[C@H](NC(=O)NC[C@H]2CCN(c3ccccc3)C2)C1. The minimum absolute atomic E-state index is 0.0256. The van der Waals surface area contributed by atoms with Gasteiger partial charge in [-0.2, -0.15) is 0 Å². The number of amides is 2. The second-order valence-corrected chi connectivity index (χ2v) is 8.36. The number of para-hydroxylation sites is 1. The lowest BCUT2D eigenvalue weighted by molar-refractivity contribution is 0.230. The molecule has 2 saturated heterocycles. The molecule has 4 rings (SSSR count). The van der Waals surface area contributed by atoms with Gasteiger partial charge in [0, 0.05) is 50.5 Å². The number of nitrogens with zero attached hydrogens (tertiary/aromatic N) is 2. The van der Waals surface area contributed by atoms with E-state index in [-0.39, 0.29) is 12.1 Å². The zero-order valence-corrected chi connectivity index (χ0v) is 17.3. The van der Waals surface area contributed by atoms with E-state index in [2.05, 4.69) is 82.0 Å². The lowest BCUT2D eigenvalue weighted by Gasteiger charge is -2.25. The molecule has 0 aromatic heterocycles. The van der Waals surface area contributed by atoms with Gasteiger partial charge < -0.3 is 15.5 Å². The van der Waals surface area contributed by atoms with Gasteiger partial charge in [0.1, 0.15) is 0 Å². The molecule has 2 aliphatic rings. The first-order valence-corrected chi connectivity index (χ1v) is 10.8. The van der Waals surface area contributed by atoms with Gasteiger partial charge in [0.25, 0.3) is 0 Å². The van der Waals surface area contributed by atoms with Crippen LogP contribution in [0.3, 0.4) is 0 Å². The number of carbonyl (C=O) groups is 1. The summed E-state index contributed by atoms with van der Waals surface area (Å²) in [5, 5.41) is 6.28. The predicted octanol–water partition coefficient (Wildman–Crippen LogP) is 3.65. The molecule has 0 saturated carbocycles. The molecule has 2 amide bonds. The maximum atomic E-state index is 12.4. The lowest BCUT2D eigenvalue weighted by atomic mass is 10.1. The second-order valence-electron chi connectivity index (χ2n) is 8.36. The topological polar surface area (TPSA) is 47.6 Å². The summed E-state index contributed by atoms with van der Waals surface area (Å²) in [7, 11) is 0. The maximum absolute atomic E-state index is 12.4. The highest BCUT2D eigenvalue weighted by molar-refractivity contribution is 5.74. The largest absolute Gasteiger partial charge is 0.371 e. The molecule has 2 N–H and O–H groups in total. The molecule has 0 unspecified atom stereocenters. The van der Waals surface area contributed by atoms with E-state index in [1.807, 2.05) is 6.07 Å². The van der Waals surface area contributed by atoms with Crippen molar-refractivity contribution in [3.63, 3.8) is 0 Å². The van der Waals surface area contributed by atoms with Crippen molar-refractivity contribution in [2.45, 2.75) is 31.8 Å². The third kappa shape index (κ3) is 5.10. The van der Waals surface area contributed by atoms with Crippen LogP contribution in [0.15, 0.2) is 60.7 Å². The van der Waals surface area contributed by atoms with Gasteiger partial charge >= 0.3 is 6.03 Å². The van der Waals surface area contributed by atoms with Crippen LogP contribution < -0.4 is 15.5 Å². The van der Waals surface area contributed by atoms with Crippen molar-refractivity contribution in [1.82, 2.24) is 15.5 Å². The number of carbonyl (C=O) groups excluding carboxylic acids is 1. The number of urea groups is 1. The van der Waals surface area contributed by atoms with Crippen LogP contribution in [0.4, 0.5) is 10.5 Å². The Bertz CT molecular complexity index is 782. The van der Waals surface area contributed by atoms with Crippen LogP contribution in [0.2, 0.25) is 0 Å². The highest BCUT2D eigenvalue weighted by Crippen LogP contribution is 2.25. The highest BCUT2D eigenvalue weighted by atomic mass is 16.2. The number of benzene rings is 2. The fourth-order valence-corrected chi connectivity index (χ4v) is 4.55. The van der Waals surface area contributed by atoms with Gasteiger partial charge in [-0.3, -0.25) is 4.90 Å². The Morgan fingerprint density at radius 3 is 2.48 bits per heavy atom. The molecule has 29 heavy (non-hydrogen) atoms. The zero-order valence-electron chi connectivity index (χ0n) is 17.3. The number of anilines is 1. The summed E-state index contributed by atoms with van der Waals surface area (Å²) < 4.78 is 0. The van der Waals surface area contributed by atoms with Crippen LogP contribution in [-0.4, -0.2) is 49.7 Å². The Balaban J connectivity index is 1.18. The van der Waals surface area contributed by atoms with Gasteiger partial charge in [-0.25, -0.2) is 4.79 Å². The quantitative estimate of drug-likeness (QED) is 0.789. The van der Waals surface area contributed by atoms with Gasteiger partial charge in [0.2, 0.25) is 0 Å². The third-order valence-corrected chi connectivity index (χ3v) is 6.34. The number of rotatable bonds is 6. The Kier molecular flexibility index (Phi) is 6.35. The first-order chi connectivity index (χ1) is 14.2. The van der Waals surface area contributed by atoms with E-state index < -0.39 is 0 Å². The smallest absolute Gasteiger partial charge is 0.315 e. The minimum Gasteiger partial charge on any atom is -0.371 e. The average Bonchev–Trinajstić information content (AvgIpc) is 3.43. The summed E-state index contributed by atoms with van der Waals surface area (Å²) in [6.45, 7) is 7.00. The summed E-state index contributed by atoms with van der Waals surface area (Å²) in [6, 6.07) is 21.7. The predicted molar refractivity (Wildman–Crippen MR) is 118 cm³/mol.